The van der Waals surface area contributed by atoms with E-state index in [0.717, 1.165) is 0 Å². The molecule has 0 bridgehead atoms. The lowest BCUT2D eigenvalue weighted by molar-refractivity contribution is -0.160. The summed E-state index contributed by atoms with van der Waals surface area (Å²) in [6, 6.07) is 0. The molecule has 82 valence electrons. The standard InChI is InChI=1S/C8H15NO4S/c1-7(2,3)13-6(10)8(9)4-14(11,12)5-8/h4-5,9H2,1-3H3. The predicted molar refractivity (Wildman–Crippen MR) is 51.4 cm³/mol. The highest BCUT2D eigenvalue weighted by molar-refractivity contribution is 7.93. The first kappa shape index (κ1) is 11.5. The number of rotatable bonds is 1. The Kier molecular flexibility index (Phi) is 2.40. The summed E-state index contributed by atoms with van der Waals surface area (Å²) < 4.78 is 26.8. The first-order valence-electron chi connectivity index (χ1n) is 4.27. The lowest BCUT2D eigenvalue weighted by Gasteiger charge is -2.36. The molecule has 14 heavy (non-hydrogen) atoms. The molecule has 5 nitrogen and oxygen atoms in total. The van der Waals surface area contributed by atoms with E-state index in [4.69, 9.17) is 10.5 Å². The zero-order valence-corrected chi connectivity index (χ0v) is 9.35. The van der Waals surface area contributed by atoms with E-state index in [1.807, 2.05) is 0 Å². The predicted octanol–water partition coefficient (Wildman–Crippen LogP) is -0.546. The molecule has 1 heterocycles. The third-order valence-corrected chi connectivity index (χ3v) is 3.67. The lowest BCUT2D eigenvalue weighted by Crippen LogP contribution is -2.67. The summed E-state index contributed by atoms with van der Waals surface area (Å²) in [7, 11) is -3.12. The highest BCUT2D eigenvalue weighted by atomic mass is 32.2. The molecular formula is C8H15NO4S. The van der Waals surface area contributed by atoms with E-state index in [-0.39, 0.29) is 11.5 Å². The quantitative estimate of drug-likeness (QED) is 0.601. The summed E-state index contributed by atoms with van der Waals surface area (Å²) in [5, 5.41) is 0. The number of nitrogens with two attached hydrogens (primary N) is 1. The second-order valence-electron chi connectivity index (χ2n) is 4.69. The monoisotopic (exact) mass is 221 g/mol. The van der Waals surface area contributed by atoms with Crippen LogP contribution >= 0.6 is 0 Å². The number of carbonyl (C=O) groups excluding carboxylic acids is 1. The first-order chi connectivity index (χ1) is 6.04. The summed E-state index contributed by atoms with van der Waals surface area (Å²) in [6.45, 7) is 5.13. The SMILES string of the molecule is CC(C)(C)OC(=O)C1(N)CS(=O)(=O)C1. The fourth-order valence-electron chi connectivity index (χ4n) is 1.24. The van der Waals surface area contributed by atoms with Crippen LogP contribution in [0.4, 0.5) is 0 Å². The average Bonchev–Trinajstić information content (AvgIpc) is 1.77. The number of hydrogen-bond acceptors (Lipinski definition) is 5. The molecule has 0 unspecified atom stereocenters. The van der Waals surface area contributed by atoms with E-state index in [0.29, 0.717) is 0 Å². The highest BCUT2D eigenvalue weighted by Gasteiger charge is 2.53. The van der Waals surface area contributed by atoms with Crippen molar-refractivity contribution in [1.82, 2.24) is 0 Å². The van der Waals surface area contributed by atoms with E-state index < -0.39 is 26.9 Å². The van der Waals surface area contributed by atoms with Crippen molar-refractivity contribution < 1.29 is 17.9 Å². The number of ether oxygens (including phenoxy) is 1. The molecule has 1 aliphatic rings. The zero-order valence-electron chi connectivity index (χ0n) is 8.53. The van der Waals surface area contributed by atoms with Crippen molar-refractivity contribution in [1.29, 1.82) is 0 Å². The van der Waals surface area contributed by atoms with Crippen LogP contribution in [-0.2, 0) is 19.4 Å². The van der Waals surface area contributed by atoms with E-state index >= 15 is 0 Å². The molecule has 1 aliphatic heterocycles. The number of sulfone groups is 1. The van der Waals surface area contributed by atoms with Gasteiger partial charge in [-0.2, -0.15) is 0 Å². The molecular weight excluding hydrogens is 206 g/mol. The molecule has 2 N–H and O–H groups in total. The Morgan fingerprint density at radius 2 is 1.79 bits per heavy atom. The molecule has 0 amide bonds. The van der Waals surface area contributed by atoms with Gasteiger partial charge in [-0.15, -0.1) is 0 Å². The van der Waals surface area contributed by atoms with Crippen molar-refractivity contribution in [2.75, 3.05) is 11.5 Å². The van der Waals surface area contributed by atoms with Gasteiger partial charge in [0.25, 0.3) is 0 Å². The van der Waals surface area contributed by atoms with Crippen molar-refractivity contribution in [3.8, 4) is 0 Å². The van der Waals surface area contributed by atoms with Crippen LogP contribution in [0.15, 0.2) is 0 Å². The van der Waals surface area contributed by atoms with Crippen molar-refractivity contribution in [2.45, 2.75) is 31.9 Å². The van der Waals surface area contributed by atoms with E-state index in [2.05, 4.69) is 0 Å². The summed E-state index contributed by atoms with van der Waals surface area (Å²) in [5.41, 5.74) is 3.61. The van der Waals surface area contributed by atoms with Crippen LogP contribution < -0.4 is 5.73 Å². The van der Waals surface area contributed by atoms with Crippen LogP contribution in [0.25, 0.3) is 0 Å². The second-order valence-corrected chi connectivity index (χ2v) is 6.75. The van der Waals surface area contributed by atoms with Gasteiger partial charge in [-0.25, -0.2) is 13.2 Å². The molecule has 0 atom stereocenters. The summed E-state index contributed by atoms with van der Waals surface area (Å²) in [5.74, 6) is -1.26. The Hall–Kier alpha value is -0.620. The topological polar surface area (TPSA) is 86.5 Å². The summed E-state index contributed by atoms with van der Waals surface area (Å²) >= 11 is 0. The molecule has 1 saturated heterocycles. The van der Waals surface area contributed by atoms with Gasteiger partial charge in [0, 0.05) is 0 Å². The largest absolute Gasteiger partial charge is 0.459 e. The summed E-state index contributed by atoms with van der Waals surface area (Å²) in [4.78, 5) is 11.4. The zero-order chi connectivity index (χ0) is 11.2. The third kappa shape index (κ3) is 2.45. The van der Waals surface area contributed by atoms with Crippen molar-refractivity contribution >= 4 is 15.8 Å². The number of hydrogen-bond donors (Lipinski definition) is 1. The van der Waals surface area contributed by atoms with E-state index in [1.165, 1.54) is 0 Å². The maximum atomic E-state index is 11.4. The van der Waals surface area contributed by atoms with Gasteiger partial charge < -0.3 is 10.5 Å². The van der Waals surface area contributed by atoms with Gasteiger partial charge >= 0.3 is 5.97 Å². The Labute approximate surface area is 83.5 Å². The molecule has 0 saturated carbocycles. The fourth-order valence-corrected chi connectivity index (χ4v) is 2.96. The highest BCUT2D eigenvalue weighted by Crippen LogP contribution is 2.24. The Balaban J connectivity index is 2.65. The van der Waals surface area contributed by atoms with E-state index in [1.54, 1.807) is 20.8 Å². The van der Waals surface area contributed by atoms with Gasteiger partial charge in [-0.05, 0) is 20.8 Å². The van der Waals surface area contributed by atoms with Crippen LogP contribution in [0.2, 0.25) is 0 Å². The van der Waals surface area contributed by atoms with Crippen molar-refractivity contribution in [3.63, 3.8) is 0 Å². The lowest BCUT2D eigenvalue weighted by atomic mass is 10.1. The minimum absolute atomic E-state index is 0.311. The maximum absolute atomic E-state index is 11.4. The van der Waals surface area contributed by atoms with Gasteiger partial charge in [-0.1, -0.05) is 0 Å². The van der Waals surface area contributed by atoms with Crippen molar-refractivity contribution in [3.05, 3.63) is 0 Å². The molecule has 0 aliphatic carbocycles. The average molecular weight is 221 g/mol. The van der Waals surface area contributed by atoms with Gasteiger partial charge in [0.15, 0.2) is 9.84 Å². The summed E-state index contributed by atoms with van der Waals surface area (Å²) in [6.07, 6.45) is 0. The Morgan fingerprint density at radius 3 is 2.07 bits per heavy atom. The molecule has 0 aromatic rings. The van der Waals surface area contributed by atoms with Gasteiger partial charge in [0.2, 0.25) is 0 Å². The Morgan fingerprint density at radius 1 is 1.36 bits per heavy atom. The normalized spacial score (nSPS) is 23.7. The first-order valence-corrected chi connectivity index (χ1v) is 6.09. The smallest absolute Gasteiger partial charge is 0.328 e. The minimum atomic E-state index is -3.12. The molecule has 0 aromatic heterocycles. The molecule has 0 spiro atoms. The molecule has 6 heteroatoms. The van der Waals surface area contributed by atoms with Gasteiger partial charge in [0.05, 0.1) is 11.5 Å². The van der Waals surface area contributed by atoms with E-state index in [9.17, 15) is 13.2 Å². The maximum Gasteiger partial charge on any atom is 0.328 e. The van der Waals surface area contributed by atoms with Crippen LogP contribution in [0.1, 0.15) is 20.8 Å². The van der Waals surface area contributed by atoms with Crippen LogP contribution in [-0.4, -0.2) is 37.0 Å². The van der Waals surface area contributed by atoms with Crippen LogP contribution in [0, 0.1) is 0 Å². The molecule has 0 radical (unpaired) electrons. The van der Waals surface area contributed by atoms with Crippen LogP contribution in [0.3, 0.4) is 0 Å². The van der Waals surface area contributed by atoms with Crippen molar-refractivity contribution in [2.24, 2.45) is 5.73 Å². The Bertz CT molecular complexity index is 340. The second kappa shape index (κ2) is 2.93. The van der Waals surface area contributed by atoms with Gasteiger partial charge in [-0.3, -0.25) is 0 Å². The van der Waals surface area contributed by atoms with Gasteiger partial charge in [0.1, 0.15) is 11.1 Å². The minimum Gasteiger partial charge on any atom is -0.459 e. The third-order valence-electron chi connectivity index (χ3n) is 1.76. The number of carbonyl (C=O) groups is 1. The number of esters is 1. The molecule has 1 rings (SSSR count). The molecule has 0 aromatic carbocycles. The molecule has 1 fully saturated rings. The van der Waals surface area contributed by atoms with Crippen LogP contribution in [0.5, 0.6) is 0 Å². The fraction of sp³-hybridized carbons (Fsp3) is 0.875.